The number of nitrogens with zero attached hydrogens (tertiary/aromatic N) is 1. The van der Waals surface area contributed by atoms with Crippen LogP contribution in [0.3, 0.4) is 0 Å². The molecule has 0 fully saturated rings. The largest absolute Gasteiger partial charge is 0.497 e. The van der Waals surface area contributed by atoms with Crippen LogP contribution >= 0.6 is 0 Å². The van der Waals surface area contributed by atoms with E-state index in [-0.39, 0.29) is 0 Å². The molecule has 2 N–H and O–H groups in total. The minimum atomic E-state index is -1.06. The molecular weight excluding hydrogens is 208 g/mol. The Hall–Kier alpha value is -1.88. The van der Waals surface area contributed by atoms with Crippen LogP contribution in [-0.4, -0.2) is 30.4 Å². The predicted molar refractivity (Wildman–Crippen MR) is 60.4 cm³/mol. The molecule has 0 aliphatic rings. The van der Waals surface area contributed by atoms with Crippen molar-refractivity contribution in [2.24, 2.45) is 5.10 Å². The predicted octanol–water partition coefficient (Wildman–Crippen LogP) is 0.526. The second-order valence-electron chi connectivity index (χ2n) is 3.18. The molecule has 0 radical (unpaired) electrons. The lowest BCUT2D eigenvalue weighted by molar-refractivity contribution is -0.128. The van der Waals surface area contributed by atoms with E-state index < -0.39 is 12.0 Å². The van der Waals surface area contributed by atoms with Crippen LogP contribution in [0.4, 0.5) is 0 Å². The Morgan fingerprint density at radius 3 is 2.62 bits per heavy atom. The standard InChI is InChI=1S/C11H14N2O3/c1-8(14)11(15)13-12-7-9-3-5-10(16-2)6-4-9/h3-8,14H,1-2H3,(H,13,15)/b12-7-/t8-/m0/s1. The van der Waals surface area contributed by atoms with Gasteiger partial charge in [-0.25, -0.2) is 5.43 Å². The molecule has 0 saturated heterocycles. The zero-order valence-electron chi connectivity index (χ0n) is 9.18. The Balaban J connectivity index is 2.53. The summed E-state index contributed by atoms with van der Waals surface area (Å²) in [5, 5.41) is 12.6. The summed E-state index contributed by atoms with van der Waals surface area (Å²) in [6, 6.07) is 7.18. The van der Waals surface area contributed by atoms with E-state index in [4.69, 9.17) is 9.84 Å². The van der Waals surface area contributed by atoms with Crippen molar-refractivity contribution < 1.29 is 14.6 Å². The number of amides is 1. The number of aliphatic hydroxyl groups excluding tert-OH is 1. The van der Waals surface area contributed by atoms with Crippen molar-refractivity contribution in [1.29, 1.82) is 0 Å². The van der Waals surface area contributed by atoms with Gasteiger partial charge in [-0.3, -0.25) is 4.79 Å². The van der Waals surface area contributed by atoms with Crippen LogP contribution in [0.25, 0.3) is 0 Å². The highest BCUT2D eigenvalue weighted by molar-refractivity contribution is 5.84. The lowest BCUT2D eigenvalue weighted by Crippen LogP contribution is -2.28. The van der Waals surface area contributed by atoms with Crippen molar-refractivity contribution in [2.75, 3.05) is 7.11 Å². The number of hydrogen-bond acceptors (Lipinski definition) is 4. The Labute approximate surface area is 93.7 Å². The van der Waals surface area contributed by atoms with E-state index in [2.05, 4.69) is 10.5 Å². The Morgan fingerprint density at radius 2 is 2.12 bits per heavy atom. The molecule has 0 spiro atoms. The van der Waals surface area contributed by atoms with Crippen molar-refractivity contribution in [1.82, 2.24) is 5.43 Å². The number of rotatable bonds is 4. The Morgan fingerprint density at radius 1 is 1.50 bits per heavy atom. The van der Waals surface area contributed by atoms with Gasteiger partial charge in [0, 0.05) is 0 Å². The molecular formula is C11H14N2O3. The maximum Gasteiger partial charge on any atom is 0.268 e. The molecule has 5 heteroatoms. The average Bonchev–Trinajstić information content (AvgIpc) is 2.29. The van der Waals surface area contributed by atoms with Crippen LogP contribution in [0.15, 0.2) is 29.4 Å². The monoisotopic (exact) mass is 222 g/mol. The SMILES string of the molecule is COc1ccc(/C=N\NC(=O)[C@H](C)O)cc1. The summed E-state index contributed by atoms with van der Waals surface area (Å²) < 4.78 is 5.00. The second-order valence-corrected chi connectivity index (χ2v) is 3.18. The van der Waals surface area contributed by atoms with Gasteiger partial charge >= 0.3 is 0 Å². The fourth-order valence-corrected chi connectivity index (χ4v) is 0.954. The molecule has 0 aromatic heterocycles. The molecule has 0 aliphatic carbocycles. The summed E-state index contributed by atoms with van der Waals surface area (Å²) >= 11 is 0. The van der Waals surface area contributed by atoms with E-state index in [1.807, 2.05) is 0 Å². The first-order valence-corrected chi connectivity index (χ1v) is 4.78. The van der Waals surface area contributed by atoms with Crippen molar-refractivity contribution in [3.63, 3.8) is 0 Å². The molecule has 0 heterocycles. The van der Waals surface area contributed by atoms with E-state index in [1.54, 1.807) is 31.4 Å². The van der Waals surface area contributed by atoms with Gasteiger partial charge in [0.05, 0.1) is 13.3 Å². The lowest BCUT2D eigenvalue weighted by Gasteiger charge is -2.01. The summed E-state index contributed by atoms with van der Waals surface area (Å²) in [5.41, 5.74) is 3.03. The van der Waals surface area contributed by atoms with Crippen molar-refractivity contribution in [2.45, 2.75) is 13.0 Å². The van der Waals surface area contributed by atoms with Gasteiger partial charge in [0.25, 0.3) is 5.91 Å². The van der Waals surface area contributed by atoms with Crippen LogP contribution in [0, 0.1) is 0 Å². The van der Waals surface area contributed by atoms with E-state index in [0.29, 0.717) is 0 Å². The third-order valence-corrected chi connectivity index (χ3v) is 1.88. The molecule has 0 aliphatic heterocycles. The minimum absolute atomic E-state index is 0.537. The molecule has 86 valence electrons. The highest BCUT2D eigenvalue weighted by atomic mass is 16.5. The van der Waals surface area contributed by atoms with Crippen LogP contribution in [0.1, 0.15) is 12.5 Å². The topological polar surface area (TPSA) is 70.9 Å². The van der Waals surface area contributed by atoms with Gasteiger partial charge in [0.15, 0.2) is 0 Å². The Bertz CT molecular complexity index is 371. The summed E-state index contributed by atoms with van der Waals surface area (Å²) in [6.07, 6.45) is 0.424. The van der Waals surface area contributed by atoms with Crippen LogP contribution in [0.5, 0.6) is 5.75 Å². The fraction of sp³-hybridized carbons (Fsp3) is 0.273. The van der Waals surface area contributed by atoms with Crippen molar-refractivity contribution in [3.8, 4) is 5.75 Å². The first kappa shape index (κ1) is 12.2. The van der Waals surface area contributed by atoms with Gasteiger partial charge in [0.1, 0.15) is 11.9 Å². The number of carbonyl (C=O) groups is 1. The Kier molecular flexibility index (Phi) is 4.47. The van der Waals surface area contributed by atoms with Gasteiger partial charge in [-0.05, 0) is 36.8 Å². The van der Waals surface area contributed by atoms with E-state index >= 15 is 0 Å². The maximum absolute atomic E-state index is 10.9. The third kappa shape index (κ3) is 3.70. The van der Waals surface area contributed by atoms with Crippen LogP contribution in [-0.2, 0) is 4.79 Å². The molecule has 1 rings (SSSR count). The molecule has 1 aromatic rings. The van der Waals surface area contributed by atoms with Gasteiger partial charge in [-0.15, -0.1) is 0 Å². The van der Waals surface area contributed by atoms with E-state index in [0.717, 1.165) is 11.3 Å². The zero-order valence-corrected chi connectivity index (χ0v) is 9.18. The zero-order chi connectivity index (χ0) is 12.0. The third-order valence-electron chi connectivity index (χ3n) is 1.88. The van der Waals surface area contributed by atoms with Crippen molar-refractivity contribution in [3.05, 3.63) is 29.8 Å². The van der Waals surface area contributed by atoms with Gasteiger partial charge < -0.3 is 9.84 Å². The number of ether oxygens (including phenoxy) is 1. The van der Waals surface area contributed by atoms with Crippen LogP contribution < -0.4 is 10.2 Å². The fourth-order valence-electron chi connectivity index (χ4n) is 0.954. The molecule has 5 nitrogen and oxygen atoms in total. The van der Waals surface area contributed by atoms with Crippen LogP contribution in [0.2, 0.25) is 0 Å². The number of nitrogens with one attached hydrogen (secondary N) is 1. The molecule has 1 amide bonds. The number of aliphatic hydroxyl groups is 1. The molecule has 16 heavy (non-hydrogen) atoms. The number of carbonyl (C=O) groups excluding carboxylic acids is 1. The lowest BCUT2D eigenvalue weighted by atomic mass is 10.2. The summed E-state index contributed by atoms with van der Waals surface area (Å²) in [5.74, 6) is 0.218. The number of hydrazone groups is 1. The minimum Gasteiger partial charge on any atom is -0.497 e. The van der Waals surface area contributed by atoms with Crippen molar-refractivity contribution >= 4 is 12.1 Å². The molecule has 0 bridgehead atoms. The van der Waals surface area contributed by atoms with E-state index in [9.17, 15) is 4.79 Å². The number of benzene rings is 1. The summed E-state index contributed by atoms with van der Waals surface area (Å²) in [7, 11) is 1.59. The number of methoxy groups -OCH3 is 1. The summed E-state index contributed by atoms with van der Waals surface area (Å²) in [6.45, 7) is 1.37. The van der Waals surface area contributed by atoms with E-state index in [1.165, 1.54) is 13.1 Å². The van der Waals surface area contributed by atoms with Gasteiger partial charge in [0.2, 0.25) is 0 Å². The second kappa shape index (κ2) is 5.87. The smallest absolute Gasteiger partial charge is 0.268 e. The first-order chi connectivity index (χ1) is 7.63. The maximum atomic E-state index is 10.9. The van der Waals surface area contributed by atoms with Gasteiger partial charge in [-0.1, -0.05) is 0 Å². The molecule has 0 unspecified atom stereocenters. The first-order valence-electron chi connectivity index (χ1n) is 4.78. The highest BCUT2D eigenvalue weighted by Crippen LogP contribution is 2.09. The quantitative estimate of drug-likeness (QED) is 0.576. The highest BCUT2D eigenvalue weighted by Gasteiger charge is 2.05. The molecule has 0 saturated carbocycles. The average molecular weight is 222 g/mol. The number of hydrogen-bond donors (Lipinski definition) is 2. The molecule has 1 atom stereocenters. The molecule has 1 aromatic carbocycles. The summed E-state index contributed by atoms with van der Waals surface area (Å²) in [4.78, 5) is 10.9. The normalized spacial score (nSPS) is 12.4. The van der Waals surface area contributed by atoms with Gasteiger partial charge in [-0.2, -0.15) is 5.10 Å².